The quantitative estimate of drug-likeness (QED) is 0.861. The number of ether oxygens (including phenoxy) is 1. The summed E-state index contributed by atoms with van der Waals surface area (Å²) in [5.41, 5.74) is 1.20. The van der Waals surface area contributed by atoms with E-state index in [1.807, 2.05) is 6.07 Å². The topological polar surface area (TPSA) is 76.1 Å². The number of piperidine rings is 1. The minimum Gasteiger partial charge on any atom is -0.372 e. The molecule has 2 unspecified atom stereocenters. The minimum absolute atomic E-state index is 0.0448. The first-order chi connectivity index (χ1) is 10.8. The Morgan fingerprint density at radius 2 is 2.27 bits per heavy atom. The van der Waals surface area contributed by atoms with Crippen LogP contribution in [0.2, 0.25) is 0 Å². The first-order valence-electron chi connectivity index (χ1n) is 8.27. The molecule has 0 saturated carbocycles. The summed E-state index contributed by atoms with van der Waals surface area (Å²) >= 11 is 0. The third-order valence-electron chi connectivity index (χ3n) is 4.41. The molecule has 0 radical (unpaired) electrons. The second-order valence-electron chi connectivity index (χ2n) is 6.10. The Labute approximate surface area is 131 Å². The van der Waals surface area contributed by atoms with Crippen molar-refractivity contribution in [1.82, 2.24) is 20.8 Å². The van der Waals surface area contributed by atoms with Crippen molar-refractivity contribution in [3.63, 3.8) is 0 Å². The number of rotatable bonds is 5. The molecule has 120 valence electrons. The van der Waals surface area contributed by atoms with Crippen molar-refractivity contribution < 1.29 is 9.53 Å². The Bertz CT molecular complexity index is 479. The van der Waals surface area contributed by atoms with Crippen molar-refractivity contribution in [2.24, 2.45) is 5.92 Å². The van der Waals surface area contributed by atoms with Gasteiger partial charge in [-0.3, -0.25) is 4.79 Å². The van der Waals surface area contributed by atoms with Crippen LogP contribution in [-0.2, 0) is 4.74 Å². The minimum atomic E-state index is -0.143. The number of hydrogen-bond donors (Lipinski definition) is 2. The Hall–Kier alpha value is -1.53. The molecule has 2 saturated heterocycles. The lowest BCUT2D eigenvalue weighted by molar-refractivity contribution is 0.0941. The van der Waals surface area contributed by atoms with E-state index in [4.69, 9.17) is 4.74 Å². The highest BCUT2D eigenvalue weighted by atomic mass is 16.5. The van der Waals surface area contributed by atoms with Gasteiger partial charge in [-0.25, -0.2) is 0 Å². The van der Waals surface area contributed by atoms with Crippen LogP contribution < -0.4 is 10.6 Å². The summed E-state index contributed by atoms with van der Waals surface area (Å²) < 4.78 is 5.56. The number of hydrogen-bond acceptors (Lipinski definition) is 5. The summed E-state index contributed by atoms with van der Waals surface area (Å²) in [5.74, 6) is 0.525. The van der Waals surface area contributed by atoms with Crippen LogP contribution in [0.1, 0.15) is 54.4 Å². The molecule has 0 spiro atoms. The van der Waals surface area contributed by atoms with Crippen molar-refractivity contribution in [3.8, 4) is 0 Å². The van der Waals surface area contributed by atoms with Gasteiger partial charge < -0.3 is 15.4 Å². The molecule has 0 aliphatic carbocycles. The van der Waals surface area contributed by atoms with E-state index in [1.54, 1.807) is 6.07 Å². The molecule has 22 heavy (non-hydrogen) atoms. The van der Waals surface area contributed by atoms with Gasteiger partial charge in [0.1, 0.15) is 6.10 Å². The molecule has 3 heterocycles. The summed E-state index contributed by atoms with van der Waals surface area (Å²) in [5, 5.41) is 14.5. The van der Waals surface area contributed by atoms with E-state index < -0.39 is 0 Å². The van der Waals surface area contributed by atoms with Gasteiger partial charge in [0, 0.05) is 13.2 Å². The molecule has 2 aliphatic heterocycles. The van der Waals surface area contributed by atoms with Crippen LogP contribution >= 0.6 is 0 Å². The fourth-order valence-corrected chi connectivity index (χ4v) is 3.10. The van der Waals surface area contributed by atoms with E-state index in [2.05, 4.69) is 20.8 Å². The summed E-state index contributed by atoms with van der Waals surface area (Å²) in [4.78, 5) is 12.1. The van der Waals surface area contributed by atoms with Gasteiger partial charge in [0.15, 0.2) is 5.69 Å². The van der Waals surface area contributed by atoms with Crippen LogP contribution in [0, 0.1) is 5.92 Å². The first kappa shape index (κ1) is 15.4. The molecule has 0 bridgehead atoms. The van der Waals surface area contributed by atoms with E-state index in [0.29, 0.717) is 18.2 Å². The van der Waals surface area contributed by atoms with E-state index in [0.717, 1.165) is 44.7 Å². The number of carbonyl (C=O) groups excluding carboxylic acids is 1. The SMILES string of the molecule is O=C(NCCC1CCCNC1)c1ccc(C2CCCO2)nn1. The maximum Gasteiger partial charge on any atom is 0.271 e. The Morgan fingerprint density at radius 1 is 1.32 bits per heavy atom. The fourth-order valence-electron chi connectivity index (χ4n) is 3.10. The largest absolute Gasteiger partial charge is 0.372 e. The van der Waals surface area contributed by atoms with Gasteiger partial charge in [-0.2, -0.15) is 5.10 Å². The van der Waals surface area contributed by atoms with Crippen molar-refractivity contribution in [2.45, 2.75) is 38.2 Å². The van der Waals surface area contributed by atoms with Crippen molar-refractivity contribution >= 4 is 5.91 Å². The zero-order valence-corrected chi connectivity index (χ0v) is 12.9. The van der Waals surface area contributed by atoms with Crippen molar-refractivity contribution in [1.29, 1.82) is 0 Å². The van der Waals surface area contributed by atoms with Gasteiger partial charge in [-0.05, 0) is 63.2 Å². The Morgan fingerprint density at radius 3 is 2.95 bits per heavy atom. The summed E-state index contributed by atoms with van der Waals surface area (Å²) in [6.07, 6.45) is 5.58. The molecule has 0 aromatic carbocycles. The molecule has 2 aliphatic rings. The van der Waals surface area contributed by atoms with Gasteiger partial charge in [0.05, 0.1) is 5.69 Å². The second-order valence-corrected chi connectivity index (χ2v) is 6.10. The Kier molecular flexibility index (Phi) is 5.34. The molecule has 1 aromatic rings. The van der Waals surface area contributed by atoms with E-state index in [-0.39, 0.29) is 12.0 Å². The lowest BCUT2D eigenvalue weighted by atomic mass is 9.96. The Balaban J connectivity index is 1.45. The standard InChI is InChI=1S/C16H24N4O2/c21-16(18-9-7-12-3-1-8-17-11-12)14-6-5-13(19-20-14)15-4-2-10-22-15/h5-6,12,15,17H,1-4,7-11H2,(H,18,21). The van der Waals surface area contributed by atoms with Gasteiger partial charge in [-0.1, -0.05) is 0 Å². The highest BCUT2D eigenvalue weighted by molar-refractivity contribution is 5.91. The van der Waals surface area contributed by atoms with Crippen molar-refractivity contribution in [3.05, 3.63) is 23.5 Å². The zero-order chi connectivity index (χ0) is 15.2. The van der Waals surface area contributed by atoms with Crippen LogP contribution in [0.3, 0.4) is 0 Å². The smallest absolute Gasteiger partial charge is 0.271 e. The highest BCUT2D eigenvalue weighted by Gasteiger charge is 2.20. The number of nitrogens with zero attached hydrogens (tertiary/aromatic N) is 2. The lowest BCUT2D eigenvalue weighted by Gasteiger charge is -2.22. The van der Waals surface area contributed by atoms with E-state index in [9.17, 15) is 4.79 Å². The van der Waals surface area contributed by atoms with Gasteiger partial charge in [0.2, 0.25) is 0 Å². The number of aromatic nitrogens is 2. The number of carbonyl (C=O) groups is 1. The molecule has 1 aromatic heterocycles. The predicted octanol–water partition coefficient (Wildman–Crippen LogP) is 1.45. The van der Waals surface area contributed by atoms with Gasteiger partial charge in [-0.15, -0.1) is 5.10 Å². The van der Waals surface area contributed by atoms with E-state index in [1.165, 1.54) is 12.8 Å². The first-order valence-corrected chi connectivity index (χ1v) is 8.27. The maximum absolute atomic E-state index is 12.1. The van der Waals surface area contributed by atoms with Crippen LogP contribution in [0.4, 0.5) is 0 Å². The van der Waals surface area contributed by atoms with Crippen LogP contribution in [0.25, 0.3) is 0 Å². The highest BCUT2D eigenvalue weighted by Crippen LogP contribution is 2.26. The zero-order valence-electron chi connectivity index (χ0n) is 12.9. The van der Waals surface area contributed by atoms with Crippen LogP contribution in [-0.4, -0.2) is 42.3 Å². The van der Waals surface area contributed by atoms with Gasteiger partial charge >= 0.3 is 0 Å². The molecule has 2 fully saturated rings. The molecule has 6 nitrogen and oxygen atoms in total. The second kappa shape index (κ2) is 7.65. The predicted molar refractivity (Wildman–Crippen MR) is 82.5 cm³/mol. The van der Waals surface area contributed by atoms with E-state index >= 15 is 0 Å². The number of nitrogens with one attached hydrogen (secondary N) is 2. The molecule has 2 N–H and O–H groups in total. The summed E-state index contributed by atoms with van der Waals surface area (Å²) in [6.45, 7) is 3.66. The third-order valence-corrected chi connectivity index (χ3v) is 4.41. The lowest BCUT2D eigenvalue weighted by Crippen LogP contribution is -2.33. The third kappa shape index (κ3) is 4.01. The average Bonchev–Trinajstić information content (AvgIpc) is 3.10. The monoisotopic (exact) mass is 304 g/mol. The molecule has 6 heteroatoms. The normalized spacial score (nSPS) is 25.1. The summed E-state index contributed by atoms with van der Waals surface area (Å²) in [7, 11) is 0. The summed E-state index contributed by atoms with van der Waals surface area (Å²) in [6, 6.07) is 3.59. The number of amides is 1. The van der Waals surface area contributed by atoms with Gasteiger partial charge in [0.25, 0.3) is 5.91 Å². The molecular formula is C16H24N4O2. The average molecular weight is 304 g/mol. The molecular weight excluding hydrogens is 280 g/mol. The van der Waals surface area contributed by atoms with Crippen molar-refractivity contribution in [2.75, 3.05) is 26.2 Å². The molecule has 1 amide bonds. The maximum atomic E-state index is 12.1. The van der Waals surface area contributed by atoms with Crippen LogP contribution in [0.5, 0.6) is 0 Å². The fraction of sp³-hybridized carbons (Fsp3) is 0.688. The molecule has 2 atom stereocenters. The molecule has 3 rings (SSSR count). The van der Waals surface area contributed by atoms with Crippen LogP contribution in [0.15, 0.2) is 12.1 Å².